The van der Waals surface area contributed by atoms with Crippen LogP contribution in [0, 0.1) is 17.5 Å². The van der Waals surface area contributed by atoms with Gasteiger partial charge in [-0.25, -0.2) is 13.2 Å². The third-order valence-corrected chi connectivity index (χ3v) is 4.00. The molecule has 0 saturated heterocycles. The van der Waals surface area contributed by atoms with E-state index in [0.717, 1.165) is 17.7 Å². The molecule has 11 heteroatoms. The van der Waals surface area contributed by atoms with Crippen LogP contribution < -0.4 is 16.0 Å². The number of rotatable bonds is 5. The summed E-state index contributed by atoms with van der Waals surface area (Å²) in [5, 5.41) is 8.77. The maximum atomic E-state index is 13.6. The first kappa shape index (κ1) is 24.3. The zero-order valence-corrected chi connectivity index (χ0v) is 18.3. The van der Waals surface area contributed by atoms with Gasteiger partial charge in [-0.1, -0.05) is 29.3 Å². The second-order valence-corrected chi connectivity index (χ2v) is 6.13. The van der Waals surface area contributed by atoms with Crippen LogP contribution in [0.3, 0.4) is 0 Å². The first-order valence-electron chi connectivity index (χ1n) is 7.63. The highest BCUT2D eigenvalue weighted by molar-refractivity contribution is 14.0. The minimum Gasteiger partial charge on any atom is -0.352 e. The minimum absolute atomic E-state index is 0. The lowest BCUT2D eigenvalue weighted by atomic mass is 10.2. The SMILES string of the molecule is CN=C(NCC(=O)Nc1ccc(F)c(F)c1F)NCc1ccc(Cl)cc1Cl.I. The fraction of sp³-hybridized carbons (Fsp3) is 0.176. The van der Waals surface area contributed by atoms with Crippen LogP contribution >= 0.6 is 47.2 Å². The quantitative estimate of drug-likeness (QED) is 0.226. The van der Waals surface area contributed by atoms with Gasteiger partial charge in [0.05, 0.1) is 12.2 Å². The predicted molar refractivity (Wildman–Crippen MR) is 115 cm³/mol. The number of anilines is 1. The van der Waals surface area contributed by atoms with Crippen LogP contribution in [0.1, 0.15) is 5.56 Å². The van der Waals surface area contributed by atoms with Crippen LogP contribution in [0.25, 0.3) is 0 Å². The Hall–Kier alpha value is -1.72. The molecule has 0 spiro atoms. The minimum atomic E-state index is -1.65. The Morgan fingerprint density at radius 2 is 1.79 bits per heavy atom. The molecule has 0 fully saturated rings. The summed E-state index contributed by atoms with van der Waals surface area (Å²) in [4.78, 5) is 15.8. The van der Waals surface area contributed by atoms with Gasteiger partial charge in [-0.2, -0.15) is 0 Å². The molecular weight excluding hydrogens is 531 g/mol. The molecule has 5 nitrogen and oxygen atoms in total. The van der Waals surface area contributed by atoms with Crippen molar-refractivity contribution in [1.82, 2.24) is 10.6 Å². The van der Waals surface area contributed by atoms with Crippen molar-refractivity contribution in [3.63, 3.8) is 0 Å². The molecule has 0 saturated carbocycles. The number of aliphatic imine (C=N–C) groups is 1. The normalized spacial score (nSPS) is 10.9. The number of benzene rings is 2. The lowest BCUT2D eigenvalue weighted by molar-refractivity contribution is -0.115. The Bertz CT molecular complexity index is 884. The van der Waals surface area contributed by atoms with Crippen molar-refractivity contribution in [2.75, 3.05) is 18.9 Å². The van der Waals surface area contributed by atoms with Crippen molar-refractivity contribution in [2.24, 2.45) is 4.99 Å². The smallest absolute Gasteiger partial charge is 0.243 e. The average Bonchev–Trinajstić information content (AvgIpc) is 2.63. The summed E-state index contributed by atoms with van der Waals surface area (Å²) in [6.07, 6.45) is 0. The number of halogens is 6. The van der Waals surface area contributed by atoms with Crippen LogP contribution in [0.5, 0.6) is 0 Å². The van der Waals surface area contributed by atoms with E-state index in [1.807, 2.05) is 0 Å². The van der Waals surface area contributed by atoms with Gasteiger partial charge >= 0.3 is 0 Å². The van der Waals surface area contributed by atoms with E-state index in [4.69, 9.17) is 23.2 Å². The number of nitrogens with zero attached hydrogens (tertiary/aromatic N) is 1. The van der Waals surface area contributed by atoms with Gasteiger partial charge in [-0.3, -0.25) is 9.79 Å². The van der Waals surface area contributed by atoms with Gasteiger partial charge in [0.15, 0.2) is 23.4 Å². The second kappa shape index (κ2) is 11.3. The summed E-state index contributed by atoms with van der Waals surface area (Å²) in [6, 6.07) is 6.67. The second-order valence-electron chi connectivity index (χ2n) is 5.29. The summed E-state index contributed by atoms with van der Waals surface area (Å²) in [5.41, 5.74) is 0.300. The van der Waals surface area contributed by atoms with Gasteiger partial charge in [0.2, 0.25) is 5.91 Å². The molecule has 0 aromatic heterocycles. The van der Waals surface area contributed by atoms with Crippen LogP contribution in [-0.4, -0.2) is 25.5 Å². The van der Waals surface area contributed by atoms with Crippen LogP contribution in [-0.2, 0) is 11.3 Å². The maximum Gasteiger partial charge on any atom is 0.243 e. The first-order chi connectivity index (χ1) is 12.8. The predicted octanol–water partition coefficient (Wildman–Crippen LogP) is 4.33. The Kier molecular flexibility index (Phi) is 9.83. The molecule has 0 unspecified atom stereocenters. The zero-order valence-electron chi connectivity index (χ0n) is 14.5. The van der Waals surface area contributed by atoms with Crippen molar-refractivity contribution in [3.05, 3.63) is 63.4 Å². The van der Waals surface area contributed by atoms with Crippen molar-refractivity contribution in [1.29, 1.82) is 0 Å². The average molecular weight is 547 g/mol. The standard InChI is InChI=1S/C17H15Cl2F3N4O.HI/c1-23-17(24-7-9-2-3-10(18)6-11(9)19)25-8-14(27)26-13-5-4-12(20)15(21)16(13)22;/h2-6H,7-8H2,1H3,(H,26,27)(H2,23,24,25);1H. The zero-order chi connectivity index (χ0) is 20.0. The van der Waals surface area contributed by atoms with Gasteiger partial charge in [0.25, 0.3) is 0 Å². The third-order valence-electron chi connectivity index (χ3n) is 3.41. The fourth-order valence-electron chi connectivity index (χ4n) is 2.05. The summed E-state index contributed by atoms with van der Waals surface area (Å²) >= 11 is 11.9. The van der Waals surface area contributed by atoms with Gasteiger partial charge in [-0.05, 0) is 29.8 Å². The Morgan fingerprint density at radius 1 is 1.07 bits per heavy atom. The van der Waals surface area contributed by atoms with Gasteiger partial charge < -0.3 is 16.0 Å². The molecular formula is C17H16Cl2F3IN4O. The number of amides is 1. The van der Waals surface area contributed by atoms with Gasteiger partial charge in [0.1, 0.15) is 0 Å². The Balaban J connectivity index is 0.00000392. The van der Waals surface area contributed by atoms with Crippen LogP contribution in [0.15, 0.2) is 35.3 Å². The van der Waals surface area contributed by atoms with Crippen molar-refractivity contribution >= 4 is 64.7 Å². The van der Waals surface area contributed by atoms with E-state index in [1.54, 1.807) is 18.2 Å². The van der Waals surface area contributed by atoms with Crippen LogP contribution in [0.4, 0.5) is 18.9 Å². The lowest BCUT2D eigenvalue weighted by Crippen LogP contribution is -2.41. The topological polar surface area (TPSA) is 65.5 Å². The van der Waals surface area contributed by atoms with Gasteiger partial charge in [0, 0.05) is 23.6 Å². The van der Waals surface area contributed by atoms with Gasteiger partial charge in [-0.15, -0.1) is 24.0 Å². The van der Waals surface area contributed by atoms with E-state index >= 15 is 0 Å². The highest BCUT2D eigenvalue weighted by Gasteiger charge is 2.15. The van der Waals surface area contributed by atoms with Crippen LogP contribution in [0.2, 0.25) is 10.0 Å². The van der Waals surface area contributed by atoms with E-state index in [9.17, 15) is 18.0 Å². The number of hydrogen-bond acceptors (Lipinski definition) is 2. The summed E-state index contributed by atoms with van der Waals surface area (Å²) in [6.45, 7) is 0.0293. The van der Waals surface area contributed by atoms with E-state index in [0.29, 0.717) is 16.6 Å². The number of carbonyl (C=O) groups excluding carboxylic acids is 1. The number of carbonyl (C=O) groups is 1. The van der Waals surface area contributed by atoms with Crippen molar-refractivity contribution < 1.29 is 18.0 Å². The molecule has 2 aromatic rings. The Morgan fingerprint density at radius 3 is 2.43 bits per heavy atom. The molecule has 0 atom stereocenters. The largest absolute Gasteiger partial charge is 0.352 e. The Labute approximate surface area is 186 Å². The summed E-state index contributed by atoms with van der Waals surface area (Å²) in [5.74, 6) is -4.86. The number of guanidine groups is 1. The number of hydrogen-bond donors (Lipinski definition) is 3. The molecule has 0 heterocycles. The molecule has 0 radical (unpaired) electrons. The molecule has 0 bridgehead atoms. The molecule has 2 aromatic carbocycles. The van der Waals surface area contributed by atoms with E-state index in [2.05, 4.69) is 20.9 Å². The monoisotopic (exact) mass is 546 g/mol. The highest BCUT2D eigenvalue weighted by atomic mass is 127. The molecule has 0 aliphatic rings. The fourth-order valence-corrected chi connectivity index (χ4v) is 2.52. The number of nitrogens with one attached hydrogen (secondary N) is 3. The molecule has 28 heavy (non-hydrogen) atoms. The summed E-state index contributed by atoms with van der Waals surface area (Å²) in [7, 11) is 1.49. The molecule has 3 N–H and O–H groups in total. The van der Waals surface area contributed by atoms with E-state index in [1.165, 1.54) is 7.05 Å². The van der Waals surface area contributed by atoms with E-state index < -0.39 is 29.0 Å². The molecule has 0 aliphatic heterocycles. The molecule has 152 valence electrons. The lowest BCUT2D eigenvalue weighted by Gasteiger charge is -2.13. The van der Waals surface area contributed by atoms with Crippen molar-refractivity contribution in [3.8, 4) is 0 Å². The maximum absolute atomic E-state index is 13.6. The molecule has 0 aliphatic carbocycles. The first-order valence-corrected chi connectivity index (χ1v) is 8.39. The molecule has 2 rings (SSSR count). The summed E-state index contributed by atoms with van der Waals surface area (Å²) < 4.78 is 39.6. The molecule has 1 amide bonds. The van der Waals surface area contributed by atoms with E-state index in [-0.39, 0.29) is 36.5 Å². The van der Waals surface area contributed by atoms with Crippen molar-refractivity contribution in [2.45, 2.75) is 6.54 Å². The third kappa shape index (κ3) is 6.71. The highest BCUT2D eigenvalue weighted by Crippen LogP contribution is 2.21.